The van der Waals surface area contributed by atoms with Crippen LogP contribution in [0.25, 0.3) is 0 Å². The van der Waals surface area contributed by atoms with Crippen molar-refractivity contribution >= 4 is 36.4 Å². The molecular formula is C9H15N3O6S. The van der Waals surface area contributed by atoms with Gasteiger partial charge in [0.1, 0.15) is 12.6 Å². The molecule has 6 N–H and O–H groups in total. The lowest BCUT2D eigenvalue weighted by molar-refractivity contribution is -0.141. The number of carboxylic acids is 2. The molecule has 9 nitrogen and oxygen atoms in total. The van der Waals surface area contributed by atoms with Crippen molar-refractivity contribution in [1.82, 2.24) is 10.6 Å². The van der Waals surface area contributed by atoms with E-state index in [9.17, 15) is 19.2 Å². The maximum Gasteiger partial charge on any atom is 0.322 e. The number of rotatable bonds is 8. The van der Waals surface area contributed by atoms with E-state index in [4.69, 9.17) is 15.9 Å². The minimum atomic E-state index is -1.39. The Labute approximate surface area is 113 Å². The summed E-state index contributed by atoms with van der Waals surface area (Å²) in [5.74, 6) is -4.25. The summed E-state index contributed by atoms with van der Waals surface area (Å²) >= 11 is 3.79. The van der Waals surface area contributed by atoms with Crippen LogP contribution in [0, 0.1) is 0 Å². The lowest BCUT2D eigenvalue weighted by atomic mass is 10.1. The standard InChI is InChI=1S/C9H15N3O6S/c10-4(3-19)8(17)12-5(1-6(13)14)9(18)11-2-7(15)16/h4-5,19H,1-3,10H2,(H,11,18)(H,12,17)(H,13,14)(H,15,16)/t4-,5-/m0/s1. The quantitative estimate of drug-likeness (QED) is 0.268. The zero-order chi connectivity index (χ0) is 15.0. The van der Waals surface area contributed by atoms with Gasteiger partial charge in [0, 0.05) is 5.75 Å². The van der Waals surface area contributed by atoms with E-state index in [-0.39, 0.29) is 5.75 Å². The van der Waals surface area contributed by atoms with E-state index in [2.05, 4.69) is 17.9 Å². The molecule has 0 fully saturated rings. The Bertz CT molecular complexity index is 375. The van der Waals surface area contributed by atoms with Crippen LogP contribution in [-0.2, 0) is 19.2 Å². The largest absolute Gasteiger partial charge is 0.481 e. The topological polar surface area (TPSA) is 159 Å². The molecule has 0 aromatic heterocycles. The third-order valence-corrected chi connectivity index (χ3v) is 2.35. The average Bonchev–Trinajstić information content (AvgIpc) is 2.33. The van der Waals surface area contributed by atoms with Crippen molar-refractivity contribution < 1.29 is 29.4 Å². The molecule has 0 spiro atoms. The van der Waals surface area contributed by atoms with Gasteiger partial charge in [-0.25, -0.2) is 0 Å². The van der Waals surface area contributed by atoms with Gasteiger partial charge in [0.15, 0.2) is 0 Å². The van der Waals surface area contributed by atoms with Crippen molar-refractivity contribution in [2.45, 2.75) is 18.5 Å². The van der Waals surface area contributed by atoms with E-state index in [1.54, 1.807) is 0 Å². The summed E-state index contributed by atoms with van der Waals surface area (Å²) in [6, 6.07) is -2.39. The van der Waals surface area contributed by atoms with Crippen LogP contribution >= 0.6 is 12.6 Å². The van der Waals surface area contributed by atoms with Gasteiger partial charge in [-0.2, -0.15) is 12.6 Å². The fourth-order valence-corrected chi connectivity index (χ4v) is 1.20. The number of nitrogens with one attached hydrogen (secondary N) is 2. The number of carbonyl (C=O) groups excluding carboxylic acids is 2. The molecule has 10 heteroatoms. The fraction of sp³-hybridized carbons (Fsp3) is 0.556. The number of aliphatic carboxylic acids is 2. The van der Waals surface area contributed by atoms with E-state index >= 15 is 0 Å². The zero-order valence-corrected chi connectivity index (χ0v) is 10.7. The van der Waals surface area contributed by atoms with Crippen LogP contribution in [0.1, 0.15) is 6.42 Å². The molecule has 0 aromatic carbocycles. The molecule has 2 atom stereocenters. The Kier molecular flexibility index (Phi) is 7.53. The number of amides is 2. The maximum absolute atomic E-state index is 11.5. The summed E-state index contributed by atoms with van der Waals surface area (Å²) in [6.45, 7) is -0.677. The first-order chi connectivity index (χ1) is 8.77. The highest BCUT2D eigenvalue weighted by Gasteiger charge is 2.25. The molecule has 0 saturated heterocycles. The van der Waals surface area contributed by atoms with Crippen molar-refractivity contribution in [2.75, 3.05) is 12.3 Å². The number of carboxylic acid groups (broad SMARTS) is 2. The van der Waals surface area contributed by atoms with Gasteiger partial charge in [-0.1, -0.05) is 0 Å². The van der Waals surface area contributed by atoms with E-state index in [1.165, 1.54) is 0 Å². The van der Waals surface area contributed by atoms with Gasteiger partial charge in [0.2, 0.25) is 11.8 Å². The molecule has 0 rings (SSSR count). The first kappa shape index (κ1) is 17.2. The number of hydrogen-bond donors (Lipinski definition) is 6. The molecular weight excluding hydrogens is 278 g/mol. The molecule has 0 aliphatic heterocycles. The van der Waals surface area contributed by atoms with E-state index in [1.807, 2.05) is 5.32 Å². The lowest BCUT2D eigenvalue weighted by Crippen LogP contribution is -2.53. The first-order valence-corrected chi connectivity index (χ1v) is 5.79. The van der Waals surface area contributed by atoms with Crippen LogP contribution < -0.4 is 16.4 Å². The molecule has 0 aliphatic rings. The predicted molar refractivity (Wildman–Crippen MR) is 66.7 cm³/mol. The summed E-state index contributed by atoms with van der Waals surface area (Å²) in [5, 5.41) is 21.1. The van der Waals surface area contributed by atoms with Crippen LogP contribution in [-0.4, -0.2) is 58.3 Å². The molecule has 19 heavy (non-hydrogen) atoms. The number of hydrogen-bond acceptors (Lipinski definition) is 6. The minimum absolute atomic E-state index is 0.0162. The molecule has 2 amide bonds. The van der Waals surface area contributed by atoms with Crippen molar-refractivity contribution in [3.05, 3.63) is 0 Å². The smallest absolute Gasteiger partial charge is 0.322 e. The molecule has 0 aromatic rings. The molecule has 0 heterocycles. The Morgan fingerprint density at radius 3 is 2.11 bits per heavy atom. The maximum atomic E-state index is 11.5. The molecule has 0 radical (unpaired) electrons. The summed E-state index contributed by atoms with van der Waals surface area (Å²) < 4.78 is 0. The van der Waals surface area contributed by atoms with Gasteiger partial charge in [-0.05, 0) is 0 Å². The molecule has 0 unspecified atom stereocenters. The Morgan fingerprint density at radius 2 is 1.68 bits per heavy atom. The highest BCUT2D eigenvalue weighted by atomic mass is 32.1. The summed E-state index contributed by atoms with van der Waals surface area (Å²) in [6.07, 6.45) is -0.684. The average molecular weight is 293 g/mol. The zero-order valence-electron chi connectivity index (χ0n) is 9.83. The van der Waals surface area contributed by atoms with Gasteiger partial charge < -0.3 is 26.6 Å². The van der Waals surface area contributed by atoms with Crippen LogP contribution in [0.2, 0.25) is 0 Å². The number of nitrogens with two attached hydrogens (primary N) is 1. The van der Waals surface area contributed by atoms with Crippen LogP contribution in [0.3, 0.4) is 0 Å². The molecule has 0 saturated carbocycles. The van der Waals surface area contributed by atoms with E-state index in [0.717, 1.165) is 0 Å². The SMILES string of the molecule is N[C@@H](CS)C(=O)N[C@@H](CC(=O)O)C(=O)NCC(=O)O. The van der Waals surface area contributed by atoms with Crippen LogP contribution in [0.15, 0.2) is 0 Å². The van der Waals surface area contributed by atoms with E-state index in [0.29, 0.717) is 0 Å². The molecule has 0 bridgehead atoms. The monoisotopic (exact) mass is 293 g/mol. The minimum Gasteiger partial charge on any atom is -0.481 e. The van der Waals surface area contributed by atoms with Crippen molar-refractivity contribution in [2.24, 2.45) is 5.73 Å². The Balaban J connectivity index is 4.61. The first-order valence-electron chi connectivity index (χ1n) is 5.16. The normalized spacial score (nSPS) is 13.2. The number of carbonyl (C=O) groups is 4. The third-order valence-electron chi connectivity index (χ3n) is 1.96. The Hall–Kier alpha value is -1.81. The predicted octanol–water partition coefficient (Wildman–Crippen LogP) is -2.60. The lowest BCUT2D eigenvalue weighted by Gasteiger charge is -2.18. The third kappa shape index (κ3) is 7.26. The van der Waals surface area contributed by atoms with Crippen molar-refractivity contribution in [1.29, 1.82) is 0 Å². The summed E-state index contributed by atoms with van der Waals surface area (Å²) in [5.41, 5.74) is 5.36. The second-order valence-corrected chi connectivity index (χ2v) is 3.92. The van der Waals surface area contributed by atoms with Crippen molar-refractivity contribution in [3.63, 3.8) is 0 Å². The highest BCUT2D eigenvalue weighted by Crippen LogP contribution is 1.95. The Morgan fingerprint density at radius 1 is 1.11 bits per heavy atom. The van der Waals surface area contributed by atoms with Crippen LogP contribution in [0.4, 0.5) is 0 Å². The molecule has 0 aliphatic carbocycles. The fourth-order valence-electron chi connectivity index (χ4n) is 1.03. The number of thiol groups is 1. The second kappa shape index (κ2) is 8.32. The van der Waals surface area contributed by atoms with Gasteiger partial charge in [-0.15, -0.1) is 0 Å². The second-order valence-electron chi connectivity index (χ2n) is 3.56. The summed E-state index contributed by atoms with van der Waals surface area (Å²) in [4.78, 5) is 43.8. The van der Waals surface area contributed by atoms with Gasteiger partial charge >= 0.3 is 11.9 Å². The molecule has 108 valence electrons. The van der Waals surface area contributed by atoms with Crippen LogP contribution in [0.5, 0.6) is 0 Å². The highest BCUT2D eigenvalue weighted by molar-refractivity contribution is 7.80. The van der Waals surface area contributed by atoms with Gasteiger partial charge in [0.25, 0.3) is 0 Å². The van der Waals surface area contributed by atoms with Crippen molar-refractivity contribution in [3.8, 4) is 0 Å². The van der Waals surface area contributed by atoms with Gasteiger partial charge in [0.05, 0.1) is 12.5 Å². The summed E-state index contributed by atoms with van der Waals surface area (Å²) in [7, 11) is 0. The van der Waals surface area contributed by atoms with E-state index < -0.39 is 48.8 Å². The van der Waals surface area contributed by atoms with Gasteiger partial charge in [-0.3, -0.25) is 19.2 Å².